The van der Waals surface area contributed by atoms with Gasteiger partial charge in [0.15, 0.2) is 0 Å². The second kappa shape index (κ2) is 19.6. The molecule has 0 unspecified atom stereocenters. The van der Waals surface area contributed by atoms with Crippen LogP contribution in [0.1, 0.15) is 84.9 Å². The van der Waals surface area contributed by atoms with Crippen LogP contribution in [0.4, 0.5) is 0 Å². The van der Waals surface area contributed by atoms with E-state index in [-0.39, 0.29) is 51.8 Å². The van der Waals surface area contributed by atoms with Crippen LogP contribution in [0.5, 0.6) is 0 Å². The van der Waals surface area contributed by atoms with Gasteiger partial charge < -0.3 is 25.4 Å². The molecule has 0 atom stereocenters. The van der Waals surface area contributed by atoms with Gasteiger partial charge >= 0.3 is 29.6 Å². The molecule has 0 radical (unpaired) electrons. The van der Waals surface area contributed by atoms with Crippen LogP contribution in [-0.4, -0.2) is 29.7 Å². The fourth-order valence-electron chi connectivity index (χ4n) is 3.68. The number of carbonyl (C=O) groups is 2. The second-order valence-corrected chi connectivity index (χ2v) is 12.0. The number of furan rings is 2. The van der Waals surface area contributed by atoms with Gasteiger partial charge in [0.25, 0.3) is 11.1 Å². The van der Waals surface area contributed by atoms with E-state index < -0.39 is 5.24 Å². The smallest absolute Gasteiger partial charge is 0.870 e. The van der Waals surface area contributed by atoms with Crippen molar-refractivity contribution in [3.8, 4) is 0 Å². The first-order valence-electron chi connectivity index (χ1n) is 13.7. The van der Waals surface area contributed by atoms with Crippen molar-refractivity contribution in [2.45, 2.75) is 65.2 Å². The Morgan fingerprint density at radius 1 is 0.721 bits per heavy atom. The third-order valence-corrected chi connectivity index (χ3v) is 6.42. The van der Waals surface area contributed by atoms with Crippen molar-refractivity contribution in [2.75, 3.05) is 13.1 Å². The molecular formula is C34H44ClN2NaO5. The minimum absolute atomic E-state index is 0. The zero-order valence-electron chi connectivity index (χ0n) is 26.4. The maximum absolute atomic E-state index is 12.0. The van der Waals surface area contributed by atoms with Gasteiger partial charge in [-0.3, -0.25) is 9.59 Å². The van der Waals surface area contributed by atoms with E-state index in [1.54, 1.807) is 24.7 Å². The standard InChI is InChI=1S/C17H21NO2.C11H13ClO.C6H9NO.Na.H2O/c1-17(2,3)14-8-6-13(7-9-14)16(19)18-11-10-15-5-4-12-20-15;1-11(2,3)9-6-4-8(5-7-9)10(12)13;7-4-3-6-2-1-5-8-6;;/h4-9,12H,10-11H2,1-3H3,(H,18,19);4-7H,1-3H3;1-2,5H,3-4,7H2;;1H2/q;;;+1;/p-1. The Labute approximate surface area is 283 Å². The van der Waals surface area contributed by atoms with Gasteiger partial charge in [-0.15, -0.1) is 0 Å². The van der Waals surface area contributed by atoms with E-state index in [0.717, 1.165) is 17.9 Å². The molecule has 2 aromatic carbocycles. The van der Waals surface area contributed by atoms with Crippen molar-refractivity contribution in [3.05, 3.63) is 119 Å². The molecule has 4 N–H and O–H groups in total. The minimum atomic E-state index is -0.402. The molecule has 2 heterocycles. The summed E-state index contributed by atoms with van der Waals surface area (Å²) in [6.45, 7) is 14.1. The summed E-state index contributed by atoms with van der Waals surface area (Å²) >= 11 is 5.33. The third-order valence-electron chi connectivity index (χ3n) is 6.20. The van der Waals surface area contributed by atoms with Crippen LogP contribution in [0.3, 0.4) is 0 Å². The monoisotopic (exact) mass is 618 g/mol. The Hall–Kier alpha value is -2.65. The third kappa shape index (κ3) is 15.1. The number of hydrogen-bond donors (Lipinski definition) is 2. The van der Waals surface area contributed by atoms with Crippen molar-refractivity contribution in [3.63, 3.8) is 0 Å². The fraction of sp³-hybridized carbons (Fsp3) is 0.353. The first-order chi connectivity index (χ1) is 19.3. The topological polar surface area (TPSA) is 128 Å². The molecule has 228 valence electrons. The molecule has 0 aliphatic rings. The molecule has 9 heteroatoms. The van der Waals surface area contributed by atoms with Crippen molar-refractivity contribution >= 4 is 22.8 Å². The van der Waals surface area contributed by atoms with Crippen LogP contribution in [-0.2, 0) is 23.7 Å². The summed E-state index contributed by atoms with van der Waals surface area (Å²) in [5, 5.41) is 2.49. The minimum Gasteiger partial charge on any atom is -0.870 e. The summed E-state index contributed by atoms with van der Waals surface area (Å²) in [6, 6.07) is 22.7. The molecule has 0 aliphatic heterocycles. The number of hydrogen-bond acceptors (Lipinski definition) is 6. The van der Waals surface area contributed by atoms with Gasteiger partial charge in [0.1, 0.15) is 11.5 Å². The molecule has 0 fully saturated rings. The maximum atomic E-state index is 12.0. The number of halogens is 1. The van der Waals surface area contributed by atoms with Crippen LogP contribution >= 0.6 is 11.6 Å². The summed E-state index contributed by atoms with van der Waals surface area (Å²) in [4.78, 5) is 22.8. The van der Waals surface area contributed by atoms with E-state index in [0.29, 0.717) is 30.6 Å². The zero-order chi connectivity index (χ0) is 30.5. The molecule has 7 nitrogen and oxygen atoms in total. The number of benzene rings is 2. The van der Waals surface area contributed by atoms with Crippen LogP contribution in [0.25, 0.3) is 0 Å². The van der Waals surface area contributed by atoms with E-state index in [1.807, 2.05) is 60.7 Å². The van der Waals surface area contributed by atoms with Crippen molar-refractivity contribution in [1.29, 1.82) is 0 Å². The predicted octanol–water partition coefficient (Wildman–Crippen LogP) is 4.52. The van der Waals surface area contributed by atoms with Gasteiger partial charge in [-0.2, -0.15) is 0 Å². The van der Waals surface area contributed by atoms with Crippen molar-refractivity contribution < 1.29 is 53.5 Å². The molecule has 0 saturated heterocycles. The van der Waals surface area contributed by atoms with Gasteiger partial charge in [-0.25, -0.2) is 0 Å². The molecule has 0 saturated carbocycles. The van der Waals surface area contributed by atoms with Gasteiger partial charge in [0.05, 0.1) is 12.5 Å². The average Bonchev–Trinajstić information content (AvgIpc) is 3.64. The molecule has 0 spiro atoms. The Morgan fingerprint density at radius 2 is 1.14 bits per heavy atom. The molecule has 43 heavy (non-hydrogen) atoms. The van der Waals surface area contributed by atoms with E-state index in [1.165, 1.54) is 11.1 Å². The summed E-state index contributed by atoms with van der Waals surface area (Å²) < 4.78 is 10.2. The first-order valence-corrected chi connectivity index (χ1v) is 14.1. The summed E-state index contributed by atoms with van der Waals surface area (Å²) in [7, 11) is 0. The van der Waals surface area contributed by atoms with E-state index in [9.17, 15) is 9.59 Å². The van der Waals surface area contributed by atoms with E-state index >= 15 is 0 Å². The van der Waals surface area contributed by atoms with Gasteiger partial charge in [0.2, 0.25) is 0 Å². The van der Waals surface area contributed by atoms with Gasteiger partial charge in [-0.1, -0.05) is 65.8 Å². The molecule has 0 aliphatic carbocycles. The normalized spacial score (nSPS) is 10.5. The molecule has 0 bridgehead atoms. The largest absolute Gasteiger partial charge is 1.00 e. The van der Waals surface area contributed by atoms with Crippen molar-refractivity contribution in [1.82, 2.24) is 5.32 Å². The number of amides is 1. The summed E-state index contributed by atoms with van der Waals surface area (Å²) in [6.07, 6.45) is 4.85. The Morgan fingerprint density at radius 3 is 1.49 bits per heavy atom. The maximum Gasteiger partial charge on any atom is 1.00 e. The molecule has 1 amide bonds. The number of carbonyl (C=O) groups excluding carboxylic acids is 2. The number of nitrogens with two attached hydrogens (primary N) is 1. The summed E-state index contributed by atoms with van der Waals surface area (Å²) in [5.41, 5.74) is 9.16. The Kier molecular flexibility index (Phi) is 18.4. The first kappa shape index (κ1) is 40.4. The van der Waals surface area contributed by atoms with Crippen molar-refractivity contribution in [2.24, 2.45) is 5.73 Å². The zero-order valence-corrected chi connectivity index (χ0v) is 29.2. The van der Waals surface area contributed by atoms with E-state index in [2.05, 4.69) is 46.9 Å². The number of rotatable bonds is 7. The number of nitrogens with one attached hydrogen (secondary N) is 1. The van der Waals surface area contributed by atoms with Gasteiger partial charge in [-0.05, 0) is 88.6 Å². The molecule has 4 aromatic rings. The molecule has 2 aromatic heterocycles. The molecule has 4 rings (SSSR count). The quantitative estimate of drug-likeness (QED) is 0.231. The van der Waals surface area contributed by atoms with Crippen LogP contribution in [0.2, 0.25) is 0 Å². The van der Waals surface area contributed by atoms with Crippen LogP contribution < -0.4 is 40.6 Å². The average molecular weight is 619 g/mol. The predicted molar refractivity (Wildman–Crippen MR) is 169 cm³/mol. The van der Waals surface area contributed by atoms with Crippen LogP contribution in [0.15, 0.2) is 94.2 Å². The van der Waals surface area contributed by atoms with Crippen LogP contribution in [0, 0.1) is 0 Å². The Balaban J connectivity index is 0.000000661. The fourth-order valence-corrected chi connectivity index (χ4v) is 3.80. The SMILES string of the molecule is CC(C)(C)c1ccc(C(=O)Cl)cc1.CC(C)(C)c1ccc(C(=O)NCCc2ccco2)cc1.NCCc1ccco1.[Na+].[OH-]. The second-order valence-electron chi connectivity index (χ2n) is 11.6. The van der Waals surface area contributed by atoms with Gasteiger partial charge in [0, 0.05) is 30.5 Å². The van der Waals surface area contributed by atoms with E-state index in [4.69, 9.17) is 26.2 Å². The summed E-state index contributed by atoms with van der Waals surface area (Å²) in [5.74, 6) is 1.80. The Bertz CT molecular complexity index is 1310. The molecular weight excluding hydrogens is 575 g/mol.